The molecule has 3 fully saturated rings. The molecule has 1 aliphatic carbocycles. The van der Waals surface area contributed by atoms with Crippen LogP contribution in [0.4, 0.5) is 17.3 Å². The third-order valence-electron chi connectivity index (χ3n) is 8.15. The molecule has 1 unspecified atom stereocenters. The first-order chi connectivity index (χ1) is 19.2. The first-order valence-corrected chi connectivity index (χ1v) is 15.5. The molecule has 1 atom stereocenters. The van der Waals surface area contributed by atoms with E-state index in [4.69, 9.17) is 9.52 Å². The zero-order chi connectivity index (χ0) is 27.9. The number of rotatable bonds is 8. The van der Waals surface area contributed by atoms with E-state index in [9.17, 15) is 13.5 Å². The number of aromatic nitrogens is 4. The van der Waals surface area contributed by atoms with Gasteiger partial charge in [-0.1, -0.05) is 0 Å². The zero-order valence-electron chi connectivity index (χ0n) is 22.6. The number of piperidine rings is 2. The Kier molecular flexibility index (Phi) is 7.13. The van der Waals surface area contributed by atoms with Crippen molar-refractivity contribution in [1.82, 2.24) is 20.2 Å². The van der Waals surface area contributed by atoms with Gasteiger partial charge in [-0.25, -0.2) is 18.4 Å². The summed E-state index contributed by atoms with van der Waals surface area (Å²) in [6, 6.07) is 7.05. The molecule has 40 heavy (non-hydrogen) atoms. The first kappa shape index (κ1) is 26.9. The Morgan fingerprint density at radius 3 is 2.55 bits per heavy atom. The fourth-order valence-electron chi connectivity index (χ4n) is 5.66. The molecule has 3 aromatic rings. The summed E-state index contributed by atoms with van der Waals surface area (Å²) in [6.45, 7) is 4.39. The Hall–Kier alpha value is -3.29. The summed E-state index contributed by atoms with van der Waals surface area (Å²) in [5.41, 5.74) is 3.67. The van der Waals surface area contributed by atoms with Crippen LogP contribution in [0, 0.1) is 12.3 Å². The minimum absolute atomic E-state index is 0.258. The number of benzene rings is 1. The van der Waals surface area contributed by atoms with Crippen LogP contribution in [0.1, 0.15) is 44.2 Å². The van der Waals surface area contributed by atoms with Gasteiger partial charge in [0.1, 0.15) is 5.69 Å². The van der Waals surface area contributed by atoms with Crippen LogP contribution in [0.5, 0.6) is 0 Å². The molecule has 0 bridgehead atoms. The van der Waals surface area contributed by atoms with Crippen molar-refractivity contribution in [3.05, 3.63) is 30.0 Å². The number of nitrogens with one attached hydrogen (secondary N) is 1. The predicted molar refractivity (Wildman–Crippen MR) is 151 cm³/mol. The highest BCUT2D eigenvalue weighted by atomic mass is 32.2. The van der Waals surface area contributed by atoms with E-state index in [0.717, 1.165) is 56.7 Å². The lowest BCUT2D eigenvalue weighted by atomic mass is 9.93. The van der Waals surface area contributed by atoms with Crippen molar-refractivity contribution in [2.75, 3.05) is 53.1 Å². The van der Waals surface area contributed by atoms with Crippen LogP contribution >= 0.6 is 0 Å². The molecule has 1 aromatic carbocycles. The van der Waals surface area contributed by atoms with Gasteiger partial charge >= 0.3 is 0 Å². The maximum Gasteiger partial charge on any atom is 0.266 e. The van der Waals surface area contributed by atoms with E-state index in [0.29, 0.717) is 40.7 Å². The molecular formula is C27H35N7O5S. The molecule has 3 aliphatic rings. The molecule has 0 radical (unpaired) electrons. The molecule has 1 saturated carbocycles. The first-order valence-electron chi connectivity index (χ1n) is 13.9. The number of anilines is 3. The molecule has 214 valence electrons. The second kappa shape index (κ2) is 10.6. The Morgan fingerprint density at radius 2 is 1.82 bits per heavy atom. The number of aliphatic hydroxyl groups is 2. The van der Waals surface area contributed by atoms with E-state index < -0.39 is 22.7 Å². The van der Waals surface area contributed by atoms with Crippen LogP contribution in [0.2, 0.25) is 0 Å². The van der Waals surface area contributed by atoms with Gasteiger partial charge in [0.2, 0.25) is 21.9 Å². The number of aryl methyl sites for hydroxylation is 1. The summed E-state index contributed by atoms with van der Waals surface area (Å²) in [7, 11) is -3.67. The van der Waals surface area contributed by atoms with E-state index in [1.165, 1.54) is 12.8 Å². The largest absolute Gasteiger partial charge is 0.415 e. The molecule has 3 N–H and O–H groups in total. The number of β-amino-alcohol motifs (C(OH)–C–C–N with tert-alkyl or cyclic N) is 1. The smallest absolute Gasteiger partial charge is 0.266 e. The number of nitrogens with zero attached hydrogens (tertiary/aromatic N) is 6. The highest BCUT2D eigenvalue weighted by molar-refractivity contribution is 7.92. The van der Waals surface area contributed by atoms with Crippen molar-refractivity contribution < 1.29 is 23.0 Å². The molecular weight excluding hydrogens is 534 g/mol. The highest BCUT2D eigenvalue weighted by Gasteiger charge is 2.44. The van der Waals surface area contributed by atoms with Gasteiger partial charge in [0.05, 0.1) is 35.4 Å². The molecule has 2 aliphatic heterocycles. The fourth-order valence-corrected chi connectivity index (χ4v) is 6.49. The topological polar surface area (TPSA) is 158 Å². The zero-order valence-corrected chi connectivity index (χ0v) is 23.4. The van der Waals surface area contributed by atoms with E-state index in [1.54, 1.807) is 24.3 Å². The molecule has 1 spiro atoms. The summed E-state index contributed by atoms with van der Waals surface area (Å²) in [4.78, 5) is 13.5. The average Bonchev–Trinajstić information content (AvgIpc) is 3.48. The van der Waals surface area contributed by atoms with Gasteiger partial charge in [-0.3, -0.25) is 4.72 Å². The van der Waals surface area contributed by atoms with Gasteiger partial charge < -0.3 is 24.4 Å². The molecule has 2 aromatic heterocycles. The van der Waals surface area contributed by atoms with Crippen LogP contribution in [-0.4, -0.2) is 83.4 Å². The Bertz CT molecular complexity index is 1480. The van der Waals surface area contributed by atoms with E-state index >= 15 is 0 Å². The maximum atomic E-state index is 12.3. The lowest BCUT2D eigenvalue weighted by Crippen LogP contribution is -2.39. The Labute approximate surface area is 233 Å². The molecule has 4 heterocycles. The maximum absolute atomic E-state index is 12.3. The number of sulfonamides is 1. The predicted octanol–water partition coefficient (Wildman–Crippen LogP) is 2.58. The van der Waals surface area contributed by atoms with Crippen LogP contribution in [0.25, 0.3) is 23.0 Å². The monoisotopic (exact) mass is 569 g/mol. The van der Waals surface area contributed by atoms with Gasteiger partial charge in [0.15, 0.2) is 0 Å². The van der Waals surface area contributed by atoms with Crippen molar-refractivity contribution in [2.45, 2.75) is 51.6 Å². The van der Waals surface area contributed by atoms with Crippen LogP contribution in [-0.2, 0) is 10.0 Å². The Morgan fingerprint density at radius 1 is 1.05 bits per heavy atom. The van der Waals surface area contributed by atoms with Crippen molar-refractivity contribution in [3.63, 3.8) is 0 Å². The number of aliphatic hydroxyl groups excluding tert-OH is 2. The van der Waals surface area contributed by atoms with E-state index in [-0.39, 0.29) is 11.6 Å². The van der Waals surface area contributed by atoms with Gasteiger partial charge in [-0.2, -0.15) is 0 Å². The van der Waals surface area contributed by atoms with Gasteiger partial charge in [-0.15, -0.1) is 10.2 Å². The highest BCUT2D eigenvalue weighted by Crippen LogP contribution is 2.54. The summed E-state index contributed by atoms with van der Waals surface area (Å²) in [5, 5.41) is 27.9. The van der Waals surface area contributed by atoms with E-state index in [1.807, 2.05) is 11.8 Å². The lowest BCUT2D eigenvalue weighted by molar-refractivity contribution is 0.153. The molecule has 0 amide bonds. The molecule has 6 rings (SSSR count). The fraction of sp³-hybridized carbons (Fsp3) is 0.556. The molecule has 2 saturated heterocycles. The summed E-state index contributed by atoms with van der Waals surface area (Å²) in [6.07, 6.45) is 5.97. The number of hydrogen-bond acceptors (Lipinski definition) is 11. The second-order valence-electron chi connectivity index (χ2n) is 11.2. The van der Waals surface area contributed by atoms with Crippen LogP contribution in [0.3, 0.4) is 0 Å². The van der Waals surface area contributed by atoms with Crippen molar-refractivity contribution >= 4 is 27.3 Å². The minimum atomic E-state index is -3.67. The third kappa shape index (κ3) is 5.77. The average molecular weight is 570 g/mol. The van der Waals surface area contributed by atoms with Gasteiger partial charge in [-0.05, 0) is 75.1 Å². The number of hydrogen-bond donors (Lipinski definition) is 3. The van der Waals surface area contributed by atoms with E-state index in [2.05, 4.69) is 29.8 Å². The summed E-state index contributed by atoms with van der Waals surface area (Å²) >= 11 is 0. The summed E-state index contributed by atoms with van der Waals surface area (Å²) in [5.74, 6) is 0.720. The van der Waals surface area contributed by atoms with Crippen molar-refractivity contribution in [2.24, 2.45) is 5.41 Å². The third-order valence-corrected chi connectivity index (χ3v) is 9.42. The SMILES string of the molecule is Cc1cc(-c2nnc(-c3ccc(NS(=O)(=O)CCO)cc3N3CCC4(CC3)CC4)o2)nc(N2CCCC(O)C2)n1. The normalized spacial score (nSPS) is 20.6. The Balaban J connectivity index is 1.32. The quantitative estimate of drug-likeness (QED) is 0.366. The standard InChI is InChI=1S/C27H35N7O5S/c1-18-15-22(29-26(28-18)34-10-2-3-20(36)17-34)25-31-30-24(39-25)21-5-4-19(32-40(37,38)14-13-35)16-23(21)33-11-8-27(6-7-27)9-12-33/h4-5,15-16,20,32,35-36H,2-3,6-14,17H2,1H3. The molecule has 12 nitrogen and oxygen atoms in total. The van der Waals surface area contributed by atoms with Crippen LogP contribution in [0.15, 0.2) is 28.7 Å². The lowest BCUT2D eigenvalue weighted by Gasteiger charge is -2.35. The molecule has 13 heteroatoms. The second-order valence-corrected chi connectivity index (χ2v) is 13.1. The minimum Gasteiger partial charge on any atom is -0.415 e. The van der Waals surface area contributed by atoms with Crippen molar-refractivity contribution in [3.8, 4) is 23.0 Å². The van der Waals surface area contributed by atoms with Gasteiger partial charge in [0, 0.05) is 31.9 Å². The van der Waals surface area contributed by atoms with Crippen LogP contribution < -0.4 is 14.5 Å². The van der Waals surface area contributed by atoms with Gasteiger partial charge in [0.25, 0.3) is 5.89 Å². The van der Waals surface area contributed by atoms with Crippen molar-refractivity contribution in [1.29, 1.82) is 0 Å². The summed E-state index contributed by atoms with van der Waals surface area (Å²) < 4.78 is 33.4.